The van der Waals surface area contributed by atoms with Crippen molar-refractivity contribution >= 4 is 35.6 Å². The molecule has 1 aliphatic rings. The summed E-state index contributed by atoms with van der Waals surface area (Å²) in [4.78, 5) is 4.53. The molecule has 0 bridgehead atoms. The van der Waals surface area contributed by atoms with Gasteiger partial charge in [0.25, 0.3) is 0 Å². The van der Waals surface area contributed by atoms with Crippen LogP contribution in [0.15, 0.2) is 47.5 Å². The SMILES string of the molecule is CCc1cccc(CC)c1NC(N)=NCc1ccc(COC2CCOCC2)cc1.I. The van der Waals surface area contributed by atoms with Crippen molar-refractivity contribution in [1.82, 2.24) is 0 Å². The van der Waals surface area contributed by atoms with Crippen LogP contribution in [-0.4, -0.2) is 25.3 Å². The summed E-state index contributed by atoms with van der Waals surface area (Å²) in [5, 5.41) is 3.32. The van der Waals surface area contributed by atoms with Gasteiger partial charge in [-0.25, -0.2) is 4.99 Å². The number of aryl methyl sites for hydroxylation is 2. The van der Waals surface area contributed by atoms with Gasteiger partial charge in [-0.15, -0.1) is 24.0 Å². The number of ether oxygens (including phenoxy) is 2. The first-order chi connectivity index (χ1) is 14.2. The minimum atomic E-state index is 0. The molecule has 3 N–H and O–H groups in total. The first-order valence-corrected chi connectivity index (χ1v) is 10.6. The summed E-state index contributed by atoms with van der Waals surface area (Å²) in [6.45, 7) is 7.11. The maximum absolute atomic E-state index is 6.17. The zero-order valence-electron chi connectivity index (χ0n) is 18.0. The minimum Gasteiger partial charge on any atom is -0.381 e. The predicted molar refractivity (Wildman–Crippen MR) is 135 cm³/mol. The summed E-state index contributed by atoms with van der Waals surface area (Å²) in [5.74, 6) is 0.451. The number of nitrogens with two attached hydrogens (primary N) is 1. The van der Waals surface area contributed by atoms with E-state index in [0.717, 1.165) is 50.1 Å². The molecule has 164 valence electrons. The van der Waals surface area contributed by atoms with Crippen LogP contribution in [0.25, 0.3) is 0 Å². The molecular formula is C24H34IN3O2. The van der Waals surface area contributed by atoms with E-state index in [1.165, 1.54) is 16.7 Å². The molecule has 1 fully saturated rings. The molecule has 1 saturated heterocycles. The van der Waals surface area contributed by atoms with Crippen molar-refractivity contribution in [2.75, 3.05) is 18.5 Å². The van der Waals surface area contributed by atoms with Crippen molar-refractivity contribution in [3.05, 3.63) is 64.7 Å². The van der Waals surface area contributed by atoms with E-state index in [1.807, 2.05) is 0 Å². The topological polar surface area (TPSA) is 68.9 Å². The van der Waals surface area contributed by atoms with Gasteiger partial charge < -0.3 is 20.5 Å². The molecule has 5 nitrogen and oxygen atoms in total. The van der Waals surface area contributed by atoms with Crippen molar-refractivity contribution < 1.29 is 9.47 Å². The Bertz CT molecular complexity index is 780. The van der Waals surface area contributed by atoms with Gasteiger partial charge in [0.2, 0.25) is 0 Å². The molecule has 1 heterocycles. The number of guanidine groups is 1. The highest BCUT2D eigenvalue weighted by Gasteiger charge is 2.14. The van der Waals surface area contributed by atoms with Crippen molar-refractivity contribution in [1.29, 1.82) is 0 Å². The molecule has 0 unspecified atom stereocenters. The molecule has 2 aromatic carbocycles. The van der Waals surface area contributed by atoms with Crippen LogP contribution in [0.2, 0.25) is 0 Å². The zero-order chi connectivity index (χ0) is 20.5. The van der Waals surface area contributed by atoms with E-state index in [2.05, 4.69) is 66.6 Å². The van der Waals surface area contributed by atoms with E-state index in [1.54, 1.807) is 0 Å². The normalized spacial score (nSPS) is 14.9. The van der Waals surface area contributed by atoms with Crippen molar-refractivity contribution in [3.8, 4) is 0 Å². The van der Waals surface area contributed by atoms with Crippen LogP contribution < -0.4 is 11.1 Å². The zero-order valence-corrected chi connectivity index (χ0v) is 20.4. The summed E-state index contributed by atoms with van der Waals surface area (Å²) in [6, 6.07) is 14.8. The second kappa shape index (κ2) is 12.9. The Morgan fingerprint density at radius 3 is 2.23 bits per heavy atom. The number of aliphatic imine (C=N–C) groups is 1. The van der Waals surface area contributed by atoms with Gasteiger partial charge in [-0.05, 0) is 47.9 Å². The van der Waals surface area contributed by atoms with Gasteiger partial charge in [-0.3, -0.25) is 0 Å². The first-order valence-electron chi connectivity index (χ1n) is 10.6. The lowest BCUT2D eigenvalue weighted by Crippen LogP contribution is -2.24. The van der Waals surface area contributed by atoms with E-state index in [-0.39, 0.29) is 24.0 Å². The average molecular weight is 523 g/mol. The molecule has 0 spiro atoms. The molecule has 0 saturated carbocycles. The maximum atomic E-state index is 6.17. The molecule has 0 amide bonds. The molecule has 3 rings (SSSR count). The number of halogens is 1. The smallest absolute Gasteiger partial charge is 0.193 e. The van der Waals surface area contributed by atoms with Crippen molar-refractivity contribution in [3.63, 3.8) is 0 Å². The van der Waals surface area contributed by atoms with Gasteiger partial charge in [0.1, 0.15) is 0 Å². The second-order valence-corrected chi connectivity index (χ2v) is 7.42. The molecule has 30 heavy (non-hydrogen) atoms. The van der Waals surface area contributed by atoms with Crippen LogP contribution in [0.1, 0.15) is 48.9 Å². The Balaban J connectivity index is 0.00000320. The highest BCUT2D eigenvalue weighted by molar-refractivity contribution is 14.0. The number of nitrogens with zero attached hydrogens (tertiary/aromatic N) is 1. The molecular weight excluding hydrogens is 489 g/mol. The average Bonchev–Trinajstić information content (AvgIpc) is 2.77. The molecule has 0 aromatic heterocycles. The standard InChI is InChI=1S/C24H33N3O2.HI/c1-3-20-6-5-7-21(4-2)23(20)27-24(25)26-16-18-8-10-19(11-9-18)17-29-22-12-14-28-15-13-22;/h5-11,22H,3-4,12-17H2,1-2H3,(H3,25,26,27);1H. The lowest BCUT2D eigenvalue weighted by atomic mass is 10.0. The number of rotatable bonds is 8. The Labute approximate surface area is 197 Å². The largest absolute Gasteiger partial charge is 0.381 e. The third-order valence-corrected chi connectivity index (χ3v) is 5.36. The van der Waals surface area contributed by atoms with Crippen LogP contribution in [0.5, 0.6) is 0 Å². The third kappa shape index (κ3) is 7.25. The number of nitrogens with one attached hydrogen (secondary N) is 1. The molecule has 0 aliphatic carbocycles. The van der Waals surface area contributed by atoms with Gasteiger partial charge in [0.05, 0.1) is 19.3 Å². The number of benzene rings is 2. The van der Waals surface area contributed by atoms with E-state index in [4.69, 9.17) is 15.2 Å². The van der Waals surface area contributed by atoms with E-state index >= 15 is 0 Å². The quantitative estimate of drug-likeness (QED) is 0.289. The van der Waals surface area contributed by atoms with Gasteiger partial charge in [0.15, 0.2) is 5.96 Å². The van der Waals surface area contributed by atoms with Crippen LogP contribution >= 0.6 is 24.0 Å². The maximum Gasteiger partial charge on any atom is 0.193 e. The van der Waals surface area contributed by atoms with Crippen LogP contribution in [0, 0.1) is 0 Å². The summed E-state index contributed by atoms with van der Waals surface area (Å²) in [5.41, 5.74) is 12.1. The van der Waals surface area contributed by atoms with Crippen LogP contribution in [-0.2, 0) is 35.5 Å². The molecule has 0 atom stereocenters. The lowest BCUT2D eigenvalue weighted by molar-refractivity contribution is -0.0390. The van der Waals surface area contributed by atoms with E-state index in [9.17, 15) is 0 Å². The fourth-order valence-corrected chi connectivity index (χ4v) is 3.54. The molecule has 6 heteroatoms. The van der Waals surface area contributed by atoms with Crippen LogP contribution in [0.3, 0.4) is 0 Å². The van der Waals surface area contributed by atoms with Crippen LogP contribution in [0.4, 0.5) is 5.69 Å². The van der Waals surface area contributed by atoms with Gasteiger partial charge in [0, 0.05) is 18.9 Å². The monoisotopic (exact) mass is 523 g/mol. The number of hydrogen-bond donors (Lipinski definition) is 2. The highest BCUT2D eigenvalue weighted by Crippen LogP contribution is 2.22. The molecule has 1 aliphatic heterocycles. The highest BCUT2D eigenvalue weighted by atomic mass is 127. The summed E-state index contributed by atoms with van der Waals surface area (Å²) in [6.07, 6.45) is 4.21. The predicted octanol–water partition coefficient (Wildman–Crippen LogP) is 5.05. The lowest BCUT2D eigenvalue weighted by Gasteiger charge is -2.22. The Hall–Kier alpha value is -1.64. The first kappa shape index (κ1) is 24.6. The van der Waals surface area contributed by atoms with Gasteiger partial charge in [-0.2, -0.15) is 0 Å². The minimum absolute atomic E-state index is 0. The van der Waals surface area contributed by atoms with Crippen molar-refractivity contribution in [2.45, 2.75) is 58.8 Å². The summed E-state index contributed by atoms with van der Waals surface area (Å²) in [7, 11) is 0. The molecule has 0 radical (unpaired) electrons. The summed E-state index contributed by atoms with van der Waals surface area (Å²) >= 11 is 0. The third-order valence-electron chi connectivity index (χ3n) is 5.36. The van der Waals surface area contributed by atoms with Gasteiger partial charge in [-0.1, -0.05) is 56.3 Å². The number of para-hydroxylation sites is 1. The fourth-order valence-electron chi connectivity index (χ4n) is 3.54. The van der Waals surface area contributed by atoms with E-state index in [0.29, 0.717) is 25.2 Å². The second-order valence-electron chi connectivity index (χ2n) is 7.42. The van der Waals surface area contributed by atoms with E-state index < -0.39 is 0 Å². The van der Waals surface area contributed by atoms with Crippen molar-refractivity contribution in [2.24, 2.45) is 10.7 Å². The number of hydrogen-bond acceptors (Lipinski definition) is 3. The molecule has 2 aromatic rings. The summed E-state index contributed by atoms with van der Waals surface area (Å²) < 4.78 is 11.3. The number of anilines is 1. The Kier molecular flexibility index (Phi) is 10.6. The van der Waals surface area contributed by atoms with Gasteiger partial charge >= 0.3 is 0 Å². The Morgan fingerprint density at radius 2 is 1.63 bits per heavy atom. The fraction of sp³-hybridized carbons (Fsp3) is 0.458. The Morgan fingerprint density at radius 1 is 1.03 bits per heavy atom.